The number of hydrogen-bond donors (Lipinski definition) is 0. The highest BCUT2D eigenvalue weighted by atomic mass is 14.5. The average Bonchev–Trinajstić information content (AvgIpc) is 4.25. The van der Waals surface area contributed by atoms with Gasteiger partial charge in [0.1, 0.15) is 0 Å². The lowest BCUT2D eigenvalue weighted by atomic mass is 9.70. The molecular weight excluding hydrogens is 913 g/mol. The Morgan fingerprint density at radius 2 is 0.395 bits per heavy atom. The van der Waals surface area contributed by atoms with Crippen molar-refractivity contribution in [2.75, 3.05) is 0 Å². The third kappa shape index (κ3) is 4.87. The fourth-order valence-corrected chi connectivity index (χ4v) is 15.6. The van der Waals surface area contributed by atoms with Crippen LogP contribution in [0.5, 0.6) is 0 Å². The normalized spacial score (nSPS) is 14.3. The molecule has 0 nitrogen and oxygen atoms in total. The van der Waals surface area contributed by atoms with E-state index >= 15 is 0 Å². The van der Waals surface area contributed by atoms with Gasteiger partial charge in [0.2, 0.25) is 0 Å². The molecule has 76 heavy (non-hydrogen) atoms. The summed E-state index contributed by atoms with van der Waals surface area (Å²) in [5.41, 5.74) is 25.7. The maximum absolute atomic E-state index is 2.52. The van der Waals surface area contributed by atoms with Crippen molar-refractivity contribution in [3.8, 4) is 66.8 Å². The Bertz CT molecular complexity index is 4510. The van der Waals surface area contributed by atoms with E-state index in [1.165, 1.54) is 165 Å². The molecule has 0 saturated carbocycles. The summed E-state index contributed by atoms with van der Waals surface area (Å²) in [5, 5.41) is 12.9. The zero-order valence-electron chi connectivity index (χ0n) is 41.4. The van der Waals surface area contributed by atoms with Crippen molar-refractivity contribution in [2.45, 2.75) is 10.8 Å². The predicted molar refractivity (Wildman–Crippen MR) is 317 cm³/mol. The largest absolute Gasteiger partial charge is 0.0725 e. The minimum atomic E-state index is -0.391. The van der Waals surface area contributed by atoms with Crippen LogP contribution in [0.1, 0.15) is 44.5 Å². The molecule has 14 aromatic rings. The van der Waals surface area contributed by atoms with E-state index in [0.717, 1.165) is 0 Å². The molecule has 0 atom stereocenters. The van der Waals surface area contributed by atoms with Gasteiger partial charge in [0.15, 0.2) is 0 Å². The summed E-state index contributed by atoms with van der Waals surface area (Å²) in [6.07, 6.45) is 0. The molecule has 0 amide bonds. The molecule has 0 heterocycles. The monoisotopic (exact) mass is 956 g/mol. The molecule has 0 aromatic heterocycles. The summed E-state index contributed by atoms with van der Waals surface area (Å²) in [7, 11) is 0. The highest BCUT2D eigenvalue weighted by Crippen LogP contribution is 2.65. The fourth-order valence-electron chi connectivity index (χ4n) is 15.6. The minimum absolute atomic E-state index is 0.391. The van der Waals surface area contributed by atoms with E-state index in [4.69, 9.17) is 0 Å². The molecule has 0 aliphatic heterocycles. The second-order valence-electron chi connectivity index (χ2n) is 21.7. The Hall–Kier alpha value is -9.62. The van der Waals surface area contributed by atoms with Gasteiger partial charge in [0.05, 0.1) is 10.8 Å². The lowest BCUT2D eigenvalue weighted by Gasteiger charge is -2.30. The van der Waals surface area contributed by atoms with Crippen LogP contribution >= 0.6 is 0 Å². The third-order valence-electron chi connectivity index (χ3n) is 18.5. The molecule has 0 heteroatoms. The van der Waals surface area contributed by atoms with Crippen molar-refractivity contribution < 1.29 is 0 Å². The van der Waals surface area contributed by atoms with Gasteiger partial charge < -0.3 is 0 Å². The van der Waals surface area contributed by atoms with Crippen molar-refractivity contribution in [2.24, 2.45) is 0 Å². The van der Waals surface area contributed by atoms with Gasteiger partial charge in [0, 0.05) is 0 Å². The van der Waals surface area contributed by atoms with E-state index in [-0.39, 0.29) is 0 Å². The van der Waals surface area contributed by atoms with Crippen molar-refractivity contribution in [1.82, 2.24) is 0 Å². The van der Waals surface area contributed by atoms with Crippen LogP contribution in [-0.4, -0.2) is 0 Å². The molecule has 0 unspecified atom stereocenters. The molecule has 4 aliphatic carbocycles. The molecule has 18 rings (SSSR count). The molecule has 14 aromatic carbocycles. The Kier molecular flexibility index (Phi) is 7.82. The Balaban J connectivity index is 0.835. The molecular formula is C76H44. The maximum Gasteiger partial charge on any atom is 0.0725 e. The van der Waals surface area contributed by atoms with Crippen molar-refractivity contribution in [3.63, 3.8) is 0 Å². The SMILES string of the molecule is c1ccc2c(c1)-c1ccccc1C21c2ccccc2-c2ccc(-c3ccc4c(c3)c3ccccc3c3c5ccc(-c6ccc7c(c6)C6(c8ccccc8-c8ccccc86)c6ccccc6-7)cc5c5ccccc5c43)cc21. The first-order chi connectivity index (χ1) is 37.7. The summed E-state index contributed by atoms with van der Waals surface area (Å²) in [5.74, 6) is 0. The summed E-state index contributed by atoms with van der Waals surface area (Å²) in [4.78, 5) is 0. The molecule has 0 radical (unpaired) electrons. The molecule has 2 spiro atoms. The number of rotatable bonds is 2. The van der Waals surface area contributed by atoms with E-state index in [0.29, 0.717) is 0 Å². The van der Waals surface area contributed by atoms with Gasteiger partial charge in [-0.25, -0.2) is 0 Å². The van der Waals surface area contributed by atoms with Crippen LogP contribution in [0, 0.1) is 0 Å². The quantitative estimate of drug-likeness (QED) is 0.152. The first kappa shape index (κ1) is 40.8. The van der Waals surface area contributed by atoms with Crippen LogP contribution in [0.3, 0.4) is 0 Å². The molecule has 0 fully saturated rings. The topological polar surface area (TPSA) is 0 Å². The summed E-state index contributed by atoms with van der Waals surface area (Å²) >= 11 is 0. The van der Waals surface area contributed by atoms with Gasteiger partial charge >= 0.3 is 0 Å². The third-order valence-corrected chi connectivity index (χ3v) is 18.5. The molecule has 0 bridgehead atoms. The van der Waals surface area contributed by atoms with Crippen molar-refractivity contribution >= 4 is 53.9 Å². The Morgan fingerprint density at radius 3 is 0.724 bits per heavy atom. The second-order valence-corrected chi connectivity index (χ2v) is 21.7. The Morgan fingerprint density at radius 1 is 0.158 bits per heavy atom. The highest BCUT2D eigenvalue weighted by molar-refractivity contribution is 6.39. The van der Waals surface area contributed by atoms with Crippen LogP contribution in [-0.2, 0) is 10.8 Å². The minimum Gasteiger partial charge on any atom is -0.0619 e. The Labute approximate surface area is 440 Å². The van der Waals surface area contributed by atoms with Crippen LogP contribution < -0.4 is 0 Å². The zero-order valence-corrected chi connectivity index (χ0v) is 41.4. The molecule has 0 N–H and O–H groups in total. The lowest BCUT2D eigenvalue weighted by molar-refractivity contribution is 0.794. The molecule has 4 aliphatic rings. The summed E-state index contributed by atoms with van der Waals surface area (Å²) in [6, 6.07) is 102. The van der Waals surface area contributed by atoms with Crippen molar-refractivity contribution in [3.05, 3.63) is 311 Å². The van der Waals surface area contributed by atoms with E-state index in [1.807, 2.05) is 0 Å². The van der Waals surface area contributed by atoms with Crippen LogP contribution in [0.15, 0.2) is 267 Å². The summed E-state index contributed by atoms with van der Waals surface area (Å²) in [6.45, 7) is 0. The molecule has 348 valence electrons. The van der Waals surface area contributed by atoms with Crippen LogP contribution in [0.2, 0.25) is 0 Å². The van der Waals surface area contributed by atoms with E-state index in [2.05, 4.69) is 267 Å². The van der Waals surface area contributed by atoms with Gasteiger partial charge in [-0.1, -0.05) is 243 Å². The standard InChI is InChI=1S/C76H44/c1-3-25-59-49(17-1)63-41-45(47-33-37-57-55-23-9-15-31-69(55)75(71(57)43-47)65-27-11-5-19-51(65)52-20-6-12-28-66(52)75)35-39-61(63)74-60-26-4-2-18-50(60)64-42-46(36-40-62(64)73(59)74)48-34-38-58-56-24-10-16-32-70(56)76(72(58)44-48)67-29-13-7-21-53(67)54-22-8-14-30-68(54)76/h1-44H. The first-order valence-electron chi connectivity index (χ1n) is 26.8. The number of benzene rings is 14. The highest BCUT2D eigenvalue weighted by Gasteiger charge is 2.53. The zero-order chi connectivity index (χ0) is 49.4. The van der Waals surface area contributed by atoms with Crippen LogP contribution in [0.4, 0.5) is 0 Å². The van der Waals surface area contributed by atoms with Crippen molar-refractivity contribution in [1.29, 1.82) is 0 Å². The van der Waals surface area contributed by atoms with Gasteiger partial charge in [-0.05, 0) is 189 Å². The number of hydrogen-bond acceptors (Lipinski definition) is 0. The maximum atomic E-state index is 2.52. The first-order valence-corrected chi connectivity index (χ1v) is 26.8. The van der Waals surface area contributed by atoms with E-state index in [1.54, 1.807) is 0 Å². The van der Waals surface area contributed by atoms with E-state index in [9.17, 15) is 0 Å². The smallest absolute Gasteiger partial charge is 0.0619 e. The van der Waals surface area contributed by atoms with Gasteiger partial charge in [-0.15, -0.1) is 0 Å². The second kappa shape index (κ2) is 14.6. The average molecular weight is 957 g/mol. The van der Waals surface area contributed by atoms with Gasteiger partial charge in [-0.3, -0.25) is 0 Å². The van der Waals surface area contributed by atoms with E-state index < -0.39 is 10.8 Å². The number of fused-ring (bicyclic) bond motifs is 31. The fraction of sp³-hybridized carbons (Fsp3) is 0.0263. The predicted octanol–water partition coefficient (Wildman–Crippen LogP) is 19.5. The van der Waals surface area contributed by atoms with Gasteiger partial charge in [-0.2, -0.15) is 0 Å². The lowest BCUT2D eigenvalue weighted by Crippen LogP contribution is -2.25. The summed E-state index contributed by atoms with van der Waals surface area (Å²) < 4.78 is 0. The van der Waals surface area contributed by atoms with Gasteiger partial charge in [0.25, 0.3) is 0 Å². The van der Waals surface area contributed by atoms with Crippen LogP contribution in [0.25, 0.3) is 121 Å². The molecule has 0 saturated heterocycles.